The minimum atomic E-state index is 0.256. The zero-order valence-electron chi connectivity index (χ0n) is 16.2. The molecule has 1 aromatic carbocycles. The summed E-state index contributed by atoms with van der Waals surface area (Å²) in [5.74, 6) is 2.52. The number of nitrogens with one attached hydrogen (secondary N) is 2. The lowest BCUT2D eigenvalue weighted by atomic mass is 10.4. The molecular weight excluding hydrogens is 360 g/mol. The Hall–Kier alpha value is -2.06. The summed E-state index contributed by atoms with van der Waals surface area (Å²) in [4.78, 5) is 6.00. The monoisotopic (exact) mass is 388 g/mol. The van der Waals surface area contributed by atoms with E-state index in [0.29, 0.717) is 19.7 Å². The molecule has 2 N–H and O–H groups in total. The van der Waals surface area contributed by atoms with Gasteiger partial charge in [-0.05, 0) is 31.9 Å². The van der Waals surface area contributed by atoms with Crippen LogP contribution in [0.3, 0.4) is 0 Å². The molecule has 7 nitrogen and oxygen atoms in total. The van der Waals surface area contributed by atoms with E-state index in [-0.39, 0.29) is 4.75 Å². The number of rotatable bonds is 9. The van der Waals surface area contributed by atoms with E-state index < -0.39 is 0 Å². The van der Waals surface area contributed by atoms with Gasteiger partial charge in [-0.15, -0.1) is 22.0 Å². The Bertz CT molecular complexity index is 757. The van der Waals surface area contributed by atoms with E-state index >= 15 is 0 Å². The first kappa shape index (κ1) is 19.7. The molecule has 0 bridgehead atoms. The maximum Gasteiger partial charge on any atom is 0.191 e. The molecule has 0 radical (unpaired) electrons. The van der Waals surface area contributed by atoms with Crippen molar-refractivity contribution in [2.75, 3.05) is 26.8 Å². The number of ether oxygens (including phenoxy) is 1. The predicted molar refractivity (Wildman–Crippen MR) is 109 cm³/mol. The first-order chi connectivity index (χ1) is 13.1. The summed E-state index contributed by atoms with van der Waals surface area (Å²) in [5.41, 5.74) is 0. The summed E-state index contributed by atoms with van der Waals surface area (Å²) in [7, 11) is 3.66. The number of nitrogens with zero attached hydrogens (tertiary/aromatic N) is 4. The number of methoxy groups -OCH3 is 1. The van der Waals surface area contributed by atoms with Crippen LogP contribution in [0, 0.1) is 6.92 Å². The molecule has 0 saturated heterocycles. The third kappa shape index (κ3) is 5.71. The number of guanidine groups is 1. The molecule has 1 aromatic heterocycles. The molecule has 1 heterocycles. The highest BCUT2D eigenvalue weighted by molar-refractivity contribution is 8.01. The van der Waals surface area contributed by atoms with Crippen LogP contribution in [0.1, 0.15) is 24.5 Å². The van der Waals surface area contributed by atoms with Crippen molar-refractivity contribution in [3.63, 3.8) is 0 Å². The van der Waals surface area contributed by atoms with Crippen LogP contribution in [0.2, 0.25) is 0 Å². The molecule has 0 spiro atoms. The van der Waals surface area contributed by atoms with E-state index in [0.717, 1.165) is 24.2 Å². The molecule has 1 fully saturated rings. The number of hydrogen-bond acceptors (Lipinski definition) is 5. The number of aliphatic imine (C=N–C) groups is 1. The molecule has 3 rings (SSSR count). The average molecular weight is 389 g/mol. The minimum Gasteiger partial charge on any atom is -0.383 e. The van der Waals surface area contributed by atoms with Crippen molar-refractivity contribution >= 4 is 17.7 Å². The van der Waals surface area contributed by atoms with Crippen LogP contribution in [0.5, 0.6) is 0 Å². The van der Waals surface area contributed by atoms with Crippen molar-refractivity contribution < 1.29 is 4.74 Å². The van der Waals surface area contributed by atoms with Crippen LogP contribution in [-0.2, 0) is 18.3 Å². The Morgan fingerprint density at radius 1 is 1.26 bits per heavy atom. The molecule has 2 aromatic rings. The molecule has 1 aliphatic rings. The fourth-order valence-electron chi connectivity index (χ4n) is 2.62. The zero-order valence-corrected chi connectivity index (χ0v) is 17.1. The first-order valence-electron chi connectivity index (χ1n) is 9.22. The van der Waals surface area contributed by atoms with E-state index in [1.165, 1.54) is 17.7 Å². The molecule has 1 saturated carbocycles. The second kappa shape index (κ2) is 9.23. The molecule has 1 aliphatic carbocycles. The molecule has 0 unspecified atom stereocenters. The lowest BCUT2D eigenvalue weighted by Gasteiger charge is -2.18. The molecule has 146 valence electrons. The maximum atomic E-state index is 5.14. The van der Waals surface area contributed by atoms with Crippen LogP contribution in [0.25, 0.3) is 0 Å². The van der Waals surface area contributed by atoms with Gasteiger partial charge in [0.05, 0.1) is 6.61 Å². The molecule has 0 atom stereocenters. The summed E-state index contributed by atoms with van der Waals surface area (Å²) < 4.78 is 7.36. The average Bonchev–Trinajstić information content (AvgIpc) is 3.37. The van der Waals surface area contributed by atoms with Gasteiger partial charge in [-0.25, -0.2) is 4.99 Å². The Balaban J connectivity index is 1.59. The van der Waals surface area contributed by atoms with Gasteiger partial charge in [0.25, 0.3) is 0 Å². The summed E-state index contributed by atoms with van der Waals surface area (Å²) in [6, 6.07) is 10.6. The Labute approximate surface area is 165 Å². The van der Waals surface area contributed by atoms with E-state index in [1.807, 2.05) is 30.3 Å². The smallest absolute Gasteiger partial charge is 0.191 e. The van der Waals surface area contributed by atoms with Gasteiger partial charge in [-0.3, -0.25) is 0 Å². The van der Waals surface area contributed by atoms with E-state index in [1.54, 1.807) is 7.11 Å². The Morgan fingerprint density at radius 2 is 2.04 bits per heavy atom. The number of thioether (sulfide) groups is 1. The maximum absolute atomic E-state index is 5.14. The third-order valence-electron chi connectivity index (χ3n) is 4.62. The van der Waals surface area contributed by atoms with Crippen molar-refractivity contribution in [2.24, 2.45) is 12.0 Å². The zero-order chi connectivity index (χ0) is 19.1. The second-order valence-corrected chi connectivity index (χ2v) is 8.30. The summed E-state index contributed by atoms with van der Waals surface area (Å²) in [6.07, 6.45) is 2.43. The Morgan fingerprint density at radius 3 is 2.67 bits per heavy atom. The van der Waals surface area contributed by atoms with Crippen LogP contribution in [0.15, 0.2) is 40.2 Å². The van der Waals surface area contributed by atoms with Crippen LogP contribution in [0.4, 0.5) is 0 Å². The van der Waals surface area contributed by atoms with Gasteiger partial charge in [0.2, 0.25) is 0 Å². The van der Waals surface area contributed by atoms with E-state index in [9.17, 15) is 0 Å². The van der Waals surface area contributed by atoms with Crippen molar-refractivity contribution in [3.8, 4) is 0 Å². The quantitative estimate of drug-likeness (QED) is 0.389. The van der Waals surface area contributed by atoms with Crippen LogP contribution >= 0.6 is 11.8 Å². The standard InChI is InChI=1S/C19H28N6OS/c1-15-23-24-17(25(15)2)13-21-18(20-11-12-26-3)22-14-19(9-10-19)27-16-7-5-4-6-8-16/h4-8H,9-14H2,1-3H3,(H2,20,21,22). The lowest BCUT2D eigenvalue weighted by Crippen LogP contribution is -2.42. The van der Waals surface area contributed by atoms with Crippen LogP contribution < -0.4 is 10.6 Å². The van der Waals surface area contributed by atoms with Gasteiger partial charge < -0.3 is 19.9 Å². The van der Waals surface area contributed by atoms with Gasteiger partial charge in [-0.2, -0.15) is 0 Å². The van der Waals surface area contributed by atoms with Crippen molar-refractivity contribution in [2.45, 2.75) is 36.0 Å². The largest absolute Gasteiger partial charge is 0.383 e. The fraction of sp³-hybridized carbons (Fsp3) is 0.526. The number of aryl methyl sites for hydroxylation is 1. The highest BCUT2D eigenvalue weighted by Crippen LogP contribution is 2.51. The van der Waals surface area contributed by atoms with Gasteiger partial charge in [0.1, 0.15) is 12.4 Å². The minimum absolute atomic E-state index is 0.256. The second-order valence-electron chi connectivity index (χ2n) is 6.76. The number of benzene rings is 1. The molecule has 8 heteroatoms. The van der Waals surface area contributed by atoms with E-state index in [4.69, 9.17) is 4.74 Å². The van der Waals surface area contributed by atoms with Crippen LogP contribution in [-0.4, -0.2) is 52.3 Å². The Kier molecular flexibility index (Phi) is 6.73. The molecular formula is C19H28N6OS. The van der Waals surface area contributed by atoms with Gasteiger partial charge in [0.15, 0.2) is 11.8 Å². The first-order valence-corrected chi connectivity index (χ1v) is 10.0. The molecule has 0 aliphatic heterocycles. The fourth-order valence-corrected chi connectivity index (χ4v) is 3.87. The number of hydrogen-bond donors (Lipinski definition) is 2. The van der Waals surface area contributed by atoms with Crippen molar-refractivity contribution in [1.29, 1.82) is 0 Å². The predicted octanol–water partition coefficient (Wildman–Crippen LogP) is 2.13. The van der Waals surface area contributed by atoms with E-state index in [2.05, 4.69) is 56.2 Å². The van der Waals surface area contributed by atoms with Crippen molar-refractivity contribution in [1.82, 2.24) is 25.4 Å². The van der Waals surface area contributed by atoms with Gasteiger partial charge in [-0.1, -0.05) is 18.2 Å². The lowest BCUT2D eigenvalue weighted by molar-refractivity contribution is 0.203. The summed E-state index contributed by atoms with van der Waals surface area (Å²) in [5, 5.41) is 15.1. The highest BCUT2D eigenvalue weighted by atomic mass is 32.2. The normalized spacial score (nSPS) is 15.6. The SMILES string of the molecule is COCCNC(=NCc1nnc(C)n1C)NCC1(Sc2ccccc2)CC1. The highest BCUT2D eigenvalue weighted by Gasteiger charge is 2.43. The number of aromatic nitrogens is 3. The summed E-state index contributed by atoms with van der Waals surface area (Å²) in [6.45, 7) is 4.64. The molecule has 27 heavy (non-hydrogen) atoms. The van der Waals surface area contributed by atoms with Crippen molar-refractivity contribution in [3.05, 3.63) is 42.0 Å². The molecule has 0 amide bonds. The third-order valence-corrected chi connectivity index (χ3v) is 6.12. The van der Waals surface area contributed by atoms with Gasteiger partial charge in [0, 0.05) is 36.9 Å². The topological polar surface area (TPSA) is 76.4 Å². The summed E-state index contributed by atoms with van der Waals surface area (Å²) >= 11 is 1.95. The van der Waals surface area contributed by atoms with Gasteiger partial charge >= 0.3 is 0 Å².